The molecule has 1 aromatic heterocycles. The van der Waals surface area contributed by atoms with Crippen LogP contribution < -0.4 is 24.3 Å². The molecule has 35 heavy (non-hydrogen) atoms. The fraction of sp³-hybridized carbons (Fsp3) is 0.259. The Balaban J connectivity index is 1.57. The van der Waals surface area contributed by atoms with Crippen molar-refractivity contribution in [1.82, 2.24) is 14.9 Å². The van der Waals surface area contributed by atoms with Gasteiger partial charge in [0, 0.05) is 5.56 Å². The molecule has 4 rings (SSSR count). The van der Waals surface area contributed by atoms with Crippen molar-refractivity contribution in [3.05, 3.63) is 78.1 Å². The second kappa shape index (κ2) is 10.8. The molecule has 0 saturated carbocycles. The van der Waals surface area contributed by atoms with Gasteiger partial charge in [-0.1, -0.05) is 30.3 Å². The van der Waals surface area contributed by atoms with Gasteiger partial charge >= 0.3 is 0 Å². The molecule has 1 heterocycles. The molecule has 0 bridgehead atoms. The number of methoxy groups -OCH3 is 3. The van der Waals surface area contributed by atoms with Gasteiger partial charge in [0.25, 0.3) is 5.91 Å². The van der Waals surface area contributed by atoms with Crippen molar-refractivity contribution in [3.63, 3.8) is 0 Å². The summed E-state index contributed by atoms with van der Waals surface area (Å²) < 4.78 is 24.1. The minimum absolute atomic E-state index is 0.282. The first kappa shape index (κ1) is 23.9. The predicted molar refractivity (Wildman–Crippen MR) is 134 cm³/mol. The first-order valence-corrected chi connectivity index (χ1v) is 11.3. The van der Waals surface area contributed by atoms with Crippen LogP contribution in [0, 0.1) is 0 Å². The van der Waals surface area contributed by atoms with Gasteiger partial charge in [-0.25, -0.2) is 4.98 Å². The molecule has 1 amide bonds. The number of para-hydroxylation sites is 3. The Hall–Kier alpha value is -4.20. The molecular weight excluding hydrogens is 446 g/mol. The first-order chi connectivity index (χ1) is 17.0. The number of amides is 1. The van der Waals surface area contributed by atoms with Crippen molar-refractivity contribution in [3.8, 4) is 23.0 Å². The van der Waals surface area contributed by atoms with Gasteiger partial charge in [0.05, 0.1) is 44.9 Å². The third-order valence-electron chi connectivity index (χ3n) is 5.67. The Bertz CT molecular complexity index is 1280. The van der Waals surface area contributed by atoms with E-state index in [2.05, 4.69) is 9.88 Å². The van der Waals surface area contributed by atoms with Crippen LogP contribution in [0.4, 0.5) is 0 Å². The van der Waals surface area contributed by atoms with Crippen LogP contribution in [-0.2, 0) is 6.54 Å². The third-order valence-corrected chi connectivity index (χ3v) is 5.67. The number of nitrogens with one attached hydrogen (secondary N) is 1. The summed E-state index contributed by atoms with van der Waals surface area (Å²) >= 11 is 0. The summed E-state index contributed by atoms with van der Waals surface area (Å²) in [6, 6.07) is 20.5. The summed E-state index contributed by atoms with van der Waals surface area (Å²) in [5.41, 5.74) is 2.23. The highest BCUT2D eigenvalue weighted by molar-refractivity contribution is 5.96. The Morgan fingerprint density at radius 2 is 1.60 bits per heavy atom. The number of ether oxygens (including phenoxy) is 4. The summed E-state index contributed by atoms with van der Waals surface area (Å²) in [5.74, 6) is 2.52. The Morgan fingerprint density at radius 1 is 0.943 bits per heavy atom. The molecule has 0 spiro atoms. The van der Waals surface area contributed by atoms with E-state index in [1.807, 2.05) is 61.5 Å². The average Bonchev–Trinajstić information content (AvgIpc) is 3.27. The van der Waals surface area contributed by atoms with Crippen molar-refractivity contribution in [2.24, 2.45) is 0 Å². The van der Waals surface area contributed by atoms with Gasteiger partial charge in [-0.2, -0.15) is 0 Å². The van der Waals surface area contributed by atoms with Crippen LogP contribution in [-0.4, -0.2) is 43.4 Å². The molecule has 3 aromatic carbocycles. The van der Waals surface area contributed by atoms with E-state index in [9.17, 15) is 4.79 Å². The number of fused-ring (bicyclic) bond motifs is 1. The molecule has 1 N–H and O–H groups in total. The van der Waals surface area contributed by atoms with Crippen LogP contribution in [0.25, 0.3) is 11.0 Å². The number of carbonyl (C=O) groups excluding carboxylic acids is 1. The molecule has 8 heteroatoms. The lowest BCUT2D eigenvalue weighted by Gasteiger charge is -2.18. The van der Waals surface area contributed by atoms with E-state index >= 15 is 0 Å². The van der Waals surface area contributed by atoms with Crippen molar-refractivity contribution < 1.29 is 23.7 Å². The van der Waals surface area contributed by atoms with Crippen LogP contribution in [0.3, 0.4) is 0 Å². The standard InChI is InChI=1S/C27H29N3O5/c1-18(28-27(31)19-16-23(32-2)25(34-4)24(17-19)33-3)26-29-21-12-8-9-13-22(21)30(26)14-15-35-20-10-6-5-7-11-20/h5-13,16-18H,14-15H2,1-4H3,(H,28,31). The fourth-order valence-corrected chi connectivity index (χ4v) is 3.99. The maximum absolute atomic E-state index is 13.2. The maximum Gasteiger partial charge on any atom is 0.252 e. The highest BCUT2D eigenvalue weighted by Crippen LogP contribution is 2.38. The molecule has 0 fully saturated rings. The summed E-state index contributed by atoms with van der Waals surface area (Å²) in [5, 5.41) is 3.05. The number of benzene rings is 3. The van der Waals surface area contributed by atoms with Crippen molar-refractivity contribution in [2.45, 2.75) is 19.5 Å². The van der Waals surface area contributed by atoms with Gasteiger partial charge in [0.1, 0.15) is 18.2 Å². The molecule has 0 aliphatic heterocycles. The van der Waals surface area contributed by atoms with Gasteiger partial charge < -0.3 is 28.8 Å². The SMILES string of the molecule is COc1cc(C(=O)NC(C)c2nc3ccccc3n2CCOc2ccccc2)cc(OC)c1OC. The number of imidazole rings is 1. The number of hydrogen-bond donors (Lipinski definition) is 1. The van der Waals surface area contributed by atoms with Crippen molar-refractivity contribution >= 4 is 16.9 Å². The van der Waals surface area contributed by atoms with Crippen LogP contribution in [0.5, 0.6) is 23.0 Å². The number of nitrogens with zero attached hydrogens (tertiary/aromatic N) is 2. The minimum Gasteiger partial charge on any atom is -0.493 e. The molecule has 1 atom stereocenters. The lowest BCUT2D eigenvalue weighted by atomic mass is 10.1. The fourth-order valence-electron chi connectivity index (χ4n) is 3.99. The maximum atomic E-state index is 13.2. The zero-order chi connectivity index (χ0) is 24.8. The van der Waals surface area contributed by atoms with E-state index in [-0.39, 0.29) is 11.9 Å². The summed E-state index contributed by atoms with van der Waals surface area (Å²) in [6.07, 6.45) is 0. The van der Waals surface area contributed by atoms with E-state index in [4.69, 9.17) is 23.9 Å². The van der Waals surface area contributed by atoms with Crippen LogP contribution in [0.1, 0.15) is 29.1 Å². The predicted octanol–water partition coefficient (Wildman–Crippen LogP) is 4.63. The summed E-state index contributed by atoms with van der Waals surface area (Å²) in [4.78, 5) is 18.0. The van der Waals surface area contributed by atoms with Crippen molar-refractivity contribution in [2.75, 3.05) is 27.9 Å². The molecule has 0 aliphatic carbocycles. The van der Waals surface area contributed by atoms with Gasteiger partial charge in [0.15, 0.2) is 11.5 Å². The smallest absolute Gasteiger partial charge is 0.252 e. The minimum atomic E-state index is -0.370. The first-order valence-electron chi connectivity index (χ1n) is 11.3. The molecule has 1 unspecified atom stereocenters. The summed E-state index contributed by atoms with van der Waals surface area (Å²) in [7, 11) is 4.55. The number of aromatic nitrogens is 2. The molecular formula is C27H29N3O5. The van der Waals surface area contributed by atoms with Crippen LogP contribution in [0.2, 0.25) is 0 Å². The number of rotatable bonds is 10. The zero-order valence-electron chi connectivity index (χ0n) is 20.3. The molecule has 0 saturated heterocycles. The van der Waals surface area contributed by atoms with Crippen LogP contribution >= 0.6 is 0 Å². The van der Waals surface area contributed by atoms with Gasteiger partial charge in [-0.05, 0) is 43.3 Å². The van der Waals surface area contributed by atoms with E-state index in [0.717, 1.165) is 22.6 Å². The lowest BCUT2D eigenvalue weighted by molar-refractivity contribution is 0.0936. The Kier molecular flexibility index (Phi) is 7.40. The molecule has 0 radical (unpaired) electrons. The quantitative estimate of drug-likeness (QED) is 0.360. The second-order valence-electron chi connectivity index (χ2n) is 7.88. The normalized spacial score (nSPS) is 11.7. The number of hydrogen-bond acceptors (Lipinski definition) is 6. The lowest BCUT2D eigenvalue weighted by Crippen LogP contribution is -2.29. The van der Waals surface area contributed by atoms with Gasteiger partial charge in [0.2, 0.25) is 5.75 Å². The van der Waals surface area contributed by atoms with E-state index < -0.39 is 0 Å². The van der Waals surface area contributed by atoms with Crippen LogP contribution in [0.15, 0.2) is 66.7 Å². The average molecular weight is 476 g/mol. The van der Waals surface area contributed by atoms with Gasteiger partial charge in [-0.15, -0.1) is 0 Å². The topological polar surface area (TPSA) is 83.8 Å². The van der Waals surface area contributed by atoms with E-state index in [1.54, 1.807) is 12.1 Å². The molecule has 0 aliphatic rings. The monoisotopic (exact) mass is 475 g/mol. The van der Waals surface area contributed by atoms with E-state index in [1.165, 1.54) is 21.3 Å². The highest BCUT2D eigenvalue weighted by atomic mass is 16.5. The molecule has 182 valence electrons. The highest BCUT2D eigenvalue weighted by Gasteiger charge is 2.22. The third kappa shape index (κ3) is 5.16. The molecule has 8 nitrogen and oxygen atoms in total. The molecule has 4 aromatic rings. The Morgan fingerprint density at radius 3 is 2.26 bits per heavy atom. The largest absolute Gasteiger partial charge is 0.493 e. The Labute approximate surface area is 204 Å². The summed E-state index contributed by atoms with van der Waals surface area (Å²) in [6.45, 7) is 2.95. The second-order valence-corrected chi connectivity index (χ2v) is 7.88. The zero-order valence-corrected chi connectivity index (χ0v) is 20.3. The van der Waals surface area contributed by atoms with E-state index in [0.29, 0.717) is 36.0 Å². The van der Waals surface area contributed by atoms with Crippen molar-refractivity contribution in [1.29, 1.82) is 0 Å². The number of carbonyl (C=O) groups is 1. The van der Waals surface area contributed by atoms with Gasteiger partial charge in [-0.3, -0.25) is 4.79 Å².